The molecule has 5 aliphatic rings. The Bertz CT molecular complexity index is 938. The summed E-state index contributed by atoms with van der Waals surface area (Å²) in [4.78, 5) is 19.2. The number of β-amino-alcohol motifs (C(OH)–C–C–N with tert-alkyl or cyclic N) is 1. The Morgan fingerprint density at radius 1 is 1.00 bits per heavy atom. The smallest absolute Gasteiger partial charge is 0.223 e. The van der Waals surface area contributed by atoms with Crippen molar-refractivity contribution in [3.8, 4) is 0 Å². The summed E-state index contributed by atoms with van der Waals surface area (Å²) in [5.41, 5.74) is -0.271. The zero-order valence-corrected chi connectivity index (χ0v) is 27.1. The zero-order chi connectivity index (χ0) is 32.1. The van der Waals surface area contributed by atoms with Gasteiger partial charge in [-0.25, -0.2) is 4.39 Å². The number of rotatable bonds is 14. The zero-order valence-electron chi connectivity index (χ0n) is 26.4. The number of nitrogens with one attached hydrogen (secondary N) is 2. The number of nitrogens with zero attached hydrogens (tertiary/aromatic N) is 3. The maximum atomic E-state index is 15.1. The molecule has 7 atom stereocenters. The molecule has 1 spiro atoms. The third-order valence-corrected chi connectivity index (χ3v) is 11.4. The summed E-state index contributed by atoms with van der Waals surface area (Å²) in [5, 5.41) is 56.0. The number of likely N-dealkylation sites (tertiary alicyclic amines) is 3. The Kier molecular flexibility index (Phi) is 12.8. The number of carbonyl (C=O) groups is 1. The van der Waals surface area contributed by atoms with Gasteiger partial charge in [-0.2, -0.15) is 0 Å². The van der Waals surface area contributed by atoms with Crippen LogP contribution in [0, 0.1) is 11.8 Å². The van der Waals surface area contributed by atoms with E-state index >= 15 is 4.39 Å². The van der Waals surface area contributed by atoms with Gasteiger partial charge in [0, 0.05) is 71.8 Å². The monoisotopic (exact) mass is 663 g/mol. The maximum Gasteiger partial charge on any atom is 0.223 e. The van der Waals surface area contributed by atoms with E-state index in [1.807, 2.05) is 4.90 Å². The SMILES string of the molecule is O=C(CC1CCC(OCCCC2CCN(C3NCC(Cl)CN3)CC2)CC1F)N1CC2(CCN2C[C@H](O)[C@@H](O)[C@H](O)[C@H](O)CO)C1. The predicted molar refractivity (Wildman–Crippen MR) is 166 cm³/mol. The lowest BCUT2D eigenvalue weighted by Gasteiger charge is -2.63. The fraction of sp³-hybridized carbons (Fsp3) is 0.968. The topological polar surface area (TPSA) is 161 Å². The number of ether oxygens (including phenoxy) is 1. The number of piperidine rings is 1. The lowest BCUT2D eigenvalue weighted by molar-refractivity contribution is -0.174. The second-order valence-electron chi connectivity index (χ2n) is 14.2. The van der Waals surface area contributed by atoms with Gasteiger partial charge in [0.25, 0.3) is 0 Å². The van der Waals surface area contributed by atoms with Crippen LogP contribution in [-0.2, 0) is 9.53 Å². The number of amides is 1. The molecule has 0 aromatic rings. The van der Waals surface area contributed by atoms with E-state index in [9.17, 15) is 25.2 Å². The fourth-order valence-electron chi connectivity index (χ4n) is 7.85. The van der Waals surface area contributed by atoms with Gasteiger partial charge in [-0.3, -0.25) is 25.2 Å². The minimum absolute atomic E-state index is 0.0501. The van der Waals surface area contributed by atoms with Gasteiger partial charge in [-0.15, -0.1) is 11.6 Å². The van der Waals surface area contributed by atoms with E-state index in [1.165, 1.54) is 12.8 Å². The summed E-state index contributed by atoms with van der Waals surface area (Å²) >= 11 is 6.16. The lowest BCUT2D eigenvalue weighted by Crippen LogP contribution is -2.78. The Morgan fingerprint density at radius 2 is 1.69 bits per heavy atom. The summed E-state index contributed by atoms with van der Waals surface area (Å²) in [6, 6.07) is 0. The molecule has 0 radical (unpaired) electrons. The van der Waals surface area contributed by atoms with Crippen LogP contribution < -0.4 is 10.6 Å². The van der Waals surface area contributed by atoms with Gasteiger partial charge in [0.15, 0.2) is 0 Å². The van der Waals surface area contributed by atoms with Crippen molar-refractivity contribution in [2.75, 3.05) is 65.6 Å². The van der Waals surface area contributed by atoms with Crippen LogP contribution in [0.15, 0.2) is 0 Å². The van der Waals surface area contributed by atoms with Crippen LogP contribution in [0.2, 0.25) is 0 Å². The highest BCUT2D eigenvalue weighted by atomic mass is 35.5. The molecule has 260 valence electrons. The number of aliphatic hydroxyl groups is 5. The van der Waals surface area contributed by atoms with Gasteiger partial charge >= 0.3 is 0 Å². The normalized spacial score (nSPS) is 34.1. The second kappa shape index (κ2) is 16.1. The summed E-state index contributed by atoms with van der Waals surface area (Å²) < 4.78 is 21.2. The van der Waals surface area contributed by atoms with Gasteiger partial charge in [-0.1, -0.05) is 0 Å². The molecule has 0 bridgehead atoms. The van der Waals surface area contributed by atoms with E-state index in [2.05, 4.69) is 15.5 Å². The van der Waals surface area contributed by atoms with Crippen molar-refractivity contribution in [2.45, 2.75) is 112 Å². The molecule has 45 heavy (non-hydrogen) atoms. The van der Waals surface area contributed by atoms with Gasteiger partial charge in [0.05, 0.1) is 29.7 Å². The van der Waals surface area contributed by atoms with Crippen LogP contribution in [0.25, 0.3) is 0 Å². The molecule has 7 N–H and O–H groups in total. The summed E-state index contributed by atoms with van der Waals surface area (Å²) in [6.45, 7) is 5.50. The summed E-state index contributed by atoms with van der Waals surface area (Å²) in [5.74, 6) is 0.357. The van der Waals surface area contributed by atoms with Gasteiger partial charge in [0.1, 0.15) is 30.8 Å². The summed E-state index contributed by atoms with van der Waals surface area (Å²) in [7, 11) is 0. The first-order valence-electron chi connectivity index (χ1n) is 17.0. The van der Waals surface area contributed by atoms with E-state index < -0.39 is 37.2 Å². The molecule has 4 aliphatic heterocycles. The molecule has 14 heteroatoms. The third kappa shape index (κ3) is 8.86. The van der Waals surface area contributed by atoms with Crippen LogP contribution >= 0.6 is 11.6 Å². The van der Waals surface area contributed by atoms with Crippen LogP contribution in [0.3, 0.4) is 0 Å². The molecule has 5 fully saturated rings. The molecule has 12 nitrogen and oxygen atoms in total. The lowest BCUT2D eigenvalue weighted by atomic mass is 9.76. The van der Waals surface area contributed by atoms with E-state index in [-0.39, 0.29) is 48.1 Å². The predicted octanol–water partition coefficient (Wildman–Crippen LogP) is -0.801. The molecule has 4 saturated heterocycles. The molecule has 0 aromatic heterocycles. The first kappa shape index (κ1) is 35.6. The van der Waals surface area contributed by atoms with Gasteiger partial charge in [0.2, 0.25) is 5.91 Å². The Balaban J connectivity index is 0.928. The van der Waals surface area contributed by atoms with Gasteiger partial charge < -0.3 is 35.2 Å². The van der Waals surface area contributed by atoms with Crippen molar-refractivity contribution in [3.63, 3.8) is 0 Å². The van der Waals surface area contributed by atoms with E-state index in [1.54, 1.807) is 4.90 Å². The largest absolute Gasteiger partial charge is 0.394 e. The molecule has 5 rings (SSSR count). The Hall–Kier alpha value is -0.710. The van der Waals surface area contributed by atoms with E-state index in [0.717, 1.165) is 51.9 Å². The van der Waals surface area contributed by atoms with Crippen molar-refractivity contribution >= 4 is 17.5 Å². The van der Waals surface area contributed by atoms with Crippen molar-refractivity contribution in [1.29, 1.82) is 0 Å². The first-order chi connectivity index (χ1) is 21.6. The molecule has 0 aromatic carbocycles. The number of hydrogen-bond acceptors (Lipinski definition) is 11. The van der Waals surface area contributed by atoms with Crippen LogP contribution in [0.4, 0.5) is 4.39 Å². The van der Waals surface area contributed by atoms with Crippen molar-refractivity contribution in [1.82, 2.24) is 25.3 Å². The first-order valence-corrected chi connectivity index (χ1v) is 17.5. The van der Waals surface area contributed by atoms with Gasteiger partial charge in [-0.05, 0) is 56.8 Å². The van der Waals surface area contributed by atoms with E-state index in [4.69, 9.17) is 21.4 Å². The minimum atomic E-state index is -1.66. The average molecular weight is 664 g/mol. The molecule has 3 unspecified atom stereocenters. The molecule has 1 saturated carbocycles. The number of aliphatic hydroxyl groups excluding tert-OH is 5. The average Bonchev–Trinajstić information content (AvgIpc) is 3.01. The third-order valence-electron chi connectivity index (χ3n) is 11.1. The highest BCUT2D eigenvalue weighted by molar-refractivity contribution is 6.21. The quantitative estimate of drug-likeness (QED) is 0.0921. The van der Waals surface area contributed by atoms with Crippen molar-refractivity contribution in [2.24, 2.45) is 11.8 Å². The fourth-order valence-corrected chi connectivity index (χ4v) is 8.03. The Morgan fingerprint density at radius 3 is 2.31 bits per heavy atom. The standard InChI is InChI=1S/C31H55ClFN5O7/c32-22-14-34-30(35-15-22)36-8-5-20(6-9-36)2-1-11-45-23-4-3-21(24(33)13-23)12-27(42)37-18-31(19-37)7-10-38(31)16-25(40)28(43)29(44)26(41)17-39/h20-26,28-30,34-35,39-41,43-44H,1-19H2/t21?,22?,23?,24?,25-,26+,28+,29+,30?/m0/s1. The number of halogens is 2. The van der Waals surface area contributed by atoms with Crippen LogP contribution in [0.1, 0.15) is 57.8 Å². The Labute approximate surface area is 271 Å². The highest BCUT2D eigenvalue weighted by Gasteiger charge is 2.55. The molecule has 1 amide bonds. The van der Waals surface area contributed by atoms with Crippen molar-refractivity contribution < 1.29 is 39.5 Å². The number of alkyl halides is 2. The molecule has 4 heterocycles. The minimum Gasteiger partial charge on any atom is -0.394 e. The molecular weight excluding hydrogens is 609 g/mol. The number of hydrogen-bond donors (Lipinski definition) is 7. The maximum absolute atomic E-state index is 15.1. The highest BCUT2D eigenvalue weighted by Crippen LogP contribution is 2.41. The summed E-state index contributed by atoms with van der Waals surface area (Å²) in [6.07, 6.45) is 0.238. The van der Waals surface area contributed by atoms with E-state index in [0.29, 0.717) is 45.0 Å². The molecular formula is C31H55ClFN5O7. The molecule has 1 aliphatic carbocycles. The second-order valence-corrected chi connectivity index (χ2v) is 14.8. The van der Waals surface area contributed by atoms with Crippen LogP contribution in [-0.4, -0.2) is 166 Å². The number of carbonyl (C=O) groups excluding carboxylic acids is 1. The van der Waals surface area contributed by atoms with Crippen LogP contribution in [0.5, 0.6) is 0 Å². The van der Waals surface area contributed by atoms with Crippen molar-refractivity contribution in [3.05, 3.63) is 0 Å².